The fraction of sp³-hybridized carbons (Fsp3) is 0.421. The number of hydrogen-bond donors (Lipinski definition) is 0. The van der Waals surface area contributed by atoms with Crippen LogP contribution in [0.25, 0.3) is 0 Å². The van der Waals surface area contributed by atoms with Crippen molar-refractivity contribution in [3.63, 3.8) is 0 Å². The lowest BCUT2D eigenvalue weighted by atomic mass is 10.1. The fourth-order valence-electron chi connectivity index (χ4n) is 3.11. The zero-order chi connectivity index (χ0) is 16.9. The number of rotatable bonds is 5. The number of nitrogens with zero attached hydrogens (tertiary/aromatic N) is 2. The van der Waals surface area contributed by atoms with Gasteiger partial charge in [-0.1, -0.05) is 6.07 Å². The predicted molar refractivity (Wildman–Crippen MR) is 88.8 cm³/mol. The van der Waals surface area contributed by atoms with Crippen LogP contribution in [0, 0.1) is 18.6 Å². The quantitative estimate of drug-likeness (QED) is 0.835. The average molecular weight is 332 g/mol. The summed E-state index contributed by atoms with van der Waals surface area (Å²) in [4.78, 5) is 6.45. The molecule has 128 valence electrons. The summed E-state index contributed by atoms with van der Waals surface area (Å²) in [6.45, 7) is 5.06. The van der Waals surface area contributed by atoms with Gasteiger partial charge in [-0.2, -0.15) is 0 Å². The van der Waals surface area contributed by atoms with Crippen molar-refractivity contribution in [1.29, 1.82) is 0 Å². The van der Waals surface area contributed by atoms with Crippen LogP contribution in [0.3, 0.4) is 0 Å². The van der Waals surface area contributed by atoms with Gasteiger partial charge in [0.2, 0.25) is 0 Å². The van der Waals surface area contributed by atoms with Crippen LogP contribution in [0.5, 0.6) is 0 Å². The maximum atomic E-state index is 13.9. The third-order valence-electron chi connectivity index (χ3n) is 4.53. The third-order valence-corrected chi connectivity index (χ3v) is 4.53. The summed E-state index contributed by atoms with van der Waals surface area (Å²) in [7, 11) is 0. The van der Waals surface area contributed by atoms with Gasteiger partial charge in [0.15, 0.2) is 0 Å². The standard InChI is InChI=1S/C19H22F2N2O/c1-14-6-7-22-12-15(14)3-2-8-23-9-10-24-19(13-23)17-5-4-16(20)11-18(17)21/h4-7,11-12,19H,2-3,8-10,13H2,1H3. The van der Waals surface area contributed by atoms with Crippen molar-refractivity contribution in [3.8, 4) is 0 Å². The van der Waals surface area contributed by atoms with Crippen molar-refractivity contribution in [2.75, 3.05) is 26.2 Å². The minimum atomic E-state index is -0.559. The van der Waals surface area contributed by atoms with Gasteiger partial charge in [0.1, 0.15) is 11.6 Å². The molecule has 0 amide bonds. The van der Waals surface area contributed by atoms with Gasteiger partial charge in [-0.25, -0.2) is 8.78 Å². The van der Waals surface area contributed by atoms with E-state index in [-0.39, 0.29) is 6.10 Å². The highest BCUT2D eigenvalue weighted by molar-refractivity contribution is 5.22. The molecule has 0 saturated carbocycles. The Bertz CT molecular complexity index is 693. The molecule has 1 aromatic heterocycles. The Morgan fingerprint density at radius 1 is 1.29 bits per heavy atom. The number of benzene rings is 1. The monoisotopic (exact) mass is 332 g/mol. The van der Waals surface area contributed by atoms with Crippen molar-refractivity contribution in [2.45, 2.75) is 25.9 Å². The Morgan fingerprint density at radius 3 is 2.96 bits per heavy atom. The second kappa shape index (κ2) is 7.81. The molecular weight excluding hydrogens is 310 g/mol. The van der Waals surface area contributed by atoms with Crippen LogP contribution in [-0.2, 0) is 11.2 Å². The van der Waals surface area contributed by atoms with Crippen LogP contribution in [-0.4, -0.2) is 36.1 Å². The van der Waals surface area contributed by atoms with E-state index in [9.17, 15) is 8.78 Å². The summed E-state index contributed by atoms with van der Waals surface area (Å²) < 4.78 is 32.7. The van der Waals surface area contributed by atoms with Crippen molar-refractivity contribution >= 4 is 0 Å². The minimum Gasteiger partial charge on any atom is -0.371 e. The van der Waals surface area contributed by atoms with Crippen LogP contribution < -0.4 is 0 Å². The minimum absolute atomic E-state index is 0.334. The van der Waals surface area contributed by atoms with E-state index < -0.39 is 11.6 Å². The van der Waals surface area contributed by atoms with Crippen molar-refractivity contribution < 1.29 is 13.5 Å². The molecule has 0 bridgehead atoms. The Hall–Kier alpha value is -1.85. The summed E-state index contributed by atoms with van der Waals surface area (Å²) in [5, 5.41) is 0. The second-order valence-electron chi connectivity index (χ2n) is 6.23. The number of pyridine rings is 1. The molecule has 0 radical (unpaired) electrons. The zero-order valence-corrected chi connectivity index (χ0v) is 13.8. The molecule has 1 saturated heterocycles. The third kappa shape index (κ3) is 4.16. The van der Waals surface area contributed by atoms with E-state index in [1.54, 1.807) is 0 Å². The molecule has 0 N–H and O–H groups in total. The summed E-state index contributed by atoms with van der Waals surface area (Å²) in [6.07, 6.45) is 5.39. The molecule has 2 heterocycles. The van der Waals surface area contributed by atoms with E-state index >= 15 is 0 Å². The van der Waals surface area contributed by atoms with Gasteiger partial charge in [-0.3, -0.25) is 9.88 Å². The smallest absolute Gasteiger partial charge is 0.131 e. The maximum absolute atomic E-state index is 13.9. The zero-order valence-electron chi connectivity index (χ0n) is 13.8. The molecule has 1 aromatic carbocycles. The van der Waals surface area contributed by atoms with E-state index in [0.29, 0.717) is 18.7 Å². The molecule has 1 fully saturated rings. The number of morpholine rings is 1. The van der Waals surface area contributed by atoms with Gasteiger partial charge >= 0.3 is 0 Å². The van der Waals surface area contributed by atoms with Crippen LogP contribution in [0.1, 0.15) is 29.2 Å². The first-order valence-corrected chi connectivity index (χ1v) is 8.32. The molecule has 1 unspecified atom stereocenters. The van der Waals surface area contributed by atoms with E-state index in [1.165, 1.54) is 23.3 Å². The summed E-state index contributed by atoms with van der Waals surface area (Å²) in [6, 6.07) is 5.71. The molecule has 0 aliphatic carbocycles. The Labute approximate surface area is 141 Å². The molecular formula is C19H22F2N2O. The molecule has 0 spiro atoms. The number of hydrogen-bond acceptors (Lipinski definition) is 3. The molecule has 5 heteroatoms. The maximum Gasteiger partial charge on any atom is 0.131 e. The highest BCUT2D eigenvalue weighted by Gasteiger charge is 2.24. The summed E-state index contributed by atoms with van der Waals surface area (Å²) in [5.74, 6) is -1.09. The fourth-order valence-corrected chi connectivity index (χ4v) is 3.11. The Morgan fingerprint density at radius 2 is 2.17 bits per heavy atom. The molecule has 1 aliphatic heterocycles. The van der Waals surface area contributed by atoms with Gasteiger partial charge in [-0.05, 0) is 49.6 Å². The lowest BCUT2D eigenvalue weighted by Crippen LogP contribution is -2.39. The number of aryl methyl sites for hydroxylation is 2. The normalized spacial score (nSPS) is 18.7. The average Bonchev–Trinajstić information content (AvgIpc) is 2.57. The lowest BCUT2D eigenvalue weighted by Gasteiger charge is -2.33. The molecule has 1 aliphatic rings. The number of ether oxygens (including phenoxy) is 1. The van der Waals surface area contributed by atoms with E-state index in [4.69, 9.17) is 4.74 Å². The SMILES string of the molecule is Cc1ccncc1CCCN1CCOC(c2ccc(F)cc2F)C1. The largest absolute Gasteiger partial charge is 0.371 e. The van der Waals surface area contributed by atoms with Crippen molar-refractivity contribution in [1.82, 2.24) is 9.88 Å². The number of aromatic nitrogens is 1. The van der Waals surface area contributed by atoms with Gasteiger partial charge < -0.3 is 4.74 Å². The van der Waals surface area contributed by atoms with Crippen LogP contribution >= 0.6 is 0 Å². The van der Waals surface area contributed by atoms with E-state index in [2.05, 4.69) is 16.8 Å². The lowest BCUT2D eigenvalue weighted by molar-refractivity contribution is -0.0318. The van der Waals surface area contributed by atoms with Gasteiger partial charge in [-0.15, -0.1) is 0 Å². The van der Waals surface area contributed by atoms with Crippen molar-refractivity contribution in [3.05, 3.63) is 65.0 Å². The molecule has 3 rings (SSSR count). The van der Waals surface area contributed by atoms with E-state index in [0.717, 1.165) is 32.0 Å². The Kier molecular flexibility index (Phi) is 5.53. The highest BCUT2D eigenvalue weighted by Crippen LogP contribution is 2.25. The first-order chi connectivity index (χ1) is 11.6. The highest BCUT2D eigenvalue weighted by atomic mass is 19.1. The predicted octanol–water partition coefficient (Wildman–Crippen LogP) is 3.67. The first kappa shape index (κ1) is 17.0. The van der Waals surface area contributed by atoms with Crippen LogP contribution in [0.4, 0.5) is 8.78 Å². The van der Waals surface area contributed by atoms with Gasteiger partial charge in [0, 0.05) is 37.1 Å². The summed E-state index contributed by atoms with van der Waals surface area (Å²) in [5.41, 5.74) is 2.97. The molecule has 2 aromatic rings. The van der Waals surface area contributed by atoms with Crippen molar-refractivity contribution in [2.24, 2.45) is 0 Å². The second-order valence-corrected chi connectivity index (χ2v) is 6.23. The number of halogens is 2. The van der Waals surface area contributed by atoms with Gasteiger partial charge in [0.05, 0.1) is 12.7 Å². The molecule has 3 nitrogen and oxygen atoms in total. The Balaban J connectivity index is 1.55. The molecule has 24 heavy (non-hydrogen) atoms. The van der Waals surface area contributed by atoms with Crippen LogP contribution in [0.15, 0.2) is 36.7 Å². The molecule has 1 atom stereocenters. The van der Waals surface area contributed by atoms with E-state index in [1.807, 2.05) is 18.5 Å². The topological polar surface area (TPSA) is 25.4 Å². The van der Waals surface area contributed by atoms with Gasteiger partial charge in [0.25, 0.3) is 0 Å². The van der Waals surface area contributed by atoms with Crippen LogP contribution in [0.2, 0.25) is 0 Å². The summed E-state index contributed by atoms with van der Waals surface area (Å²) >= 11 is 0. The first-order valence-electron chi connectivity index (χ1n) is 8.32.